The summed E-state index contributed by atoms with van der Waals surface area (Å²) >= 11 is 3.00. The predicted octanol–water partition coefficient (Wildman–Crippen LogP) is 3.71. The van der Waals surface area contributed by atoms with Gasteiger partial charge in [0.25, 0.3) is 5.56 Å². The molecule has 4 aromatic heterocycles. The minimum absolute atomic E-state index is 0.0797. The Bertz CT molecular complexity index is 1350. The van der Waals surface area contributed by atoms with E-state index >= 15 is 0 Å². The van der Waals surface area contributed by atoms with Gasteiger partial charge in [-0.05, 0) is 54.7 Å². The number of ether oxygens (including phenoxy) is 1. The van der Waals surface area contributed by atoms with E-state index in [4.69, 9.17) is 4.74 Å². The third kappa shape index (κ3) is 4.91. The average Bonchev–Trinajstić information content (AvgIpc) is 3.40. The second-order valence-corrected chi connectivity index (χ2v) is 9.65. The lowest BCUT2D eigenvalue weighted by atomic mass is 10.2. The highest BCUT2D eigenvalue weighted by Crippen LogP contribution is 2.34. The van der Waals surface area contributed by atoms with Crippen LogP contribution in [0.1, 0.15) is 28.2 Å². The van der Waals surface area contributed by atoms with Crippen LogP contribution in [0.4, 0.5) is 5.82 Å². The van der Waals surface area contributed by atoms with E-state index in [0.717, 1.165) is 35.0 Å². The molecule has 0 aromatic carbocycles. The van der Waals surface area contributed by atoms with Gasteiger partial charge in [-0.3, -0.25) is 14.6 Å². The smallest absolute Gasteiger partial charge is 0.259 e. The summed E-state index contributed by atoms with van der Waals surface area (Å²) in [5.74, 6) is 1.89. The molecule has 0 spiro atoms. The third-order valence-corrected chi connectivity index (χ3v) is 7.40. The number of rotatable bonds is 8. The number of aromatic nitrogens is 4. The molecule has 0 fully saturated rings. The first-order chi connectivity index (χ1) is 16.2. The Kier molecular flexibility index (Phi) is 6.36. The fraction of sp³-hybridized carbons (Fsp3) is 0.261. The van der Waals surface area contributed by atoms with Crippen molar-refractivity contribution >= 4 is 45.0 Å². The average molecular weight is 480 g/mol. The molecule has 1 aliphatic rings. The summed E-state index contributed by atoms with van der Waals surface area (Å²) in [6.45, 7) is 0.347. The van der Waals surface area contributed by atoms with Crippen LogP contribution in [0.3, 0.4) is 0 Å². The van der Waals surface area contributed by atoms with Gasteiger partial charge in [-0.2, -0.15) is 0 Å². The Morgan fingerprint density at radius 2 is 2.09 bits per heavy atom. The van der Waals surface area contributed by atoms with Crippen LogP contribution in [0.5, 0.6) is 5.75 Å². The van der Waals surface area contributed by atoms with Crippen LogP contribution in [0, 0.1) is 0 Å². The van der Waals surface area contributed by atoms with E-state index in [1.807, 2.05) is 12.1 Å². The Balaban J connectivity index is 1.17. The number of nitrogens with zero attached hydrogens (tertiary/aromatic N) is 3. The molecule has 0 saturated carbocycles. The molecule has 4 heterocycles. The first-order valence-electron chi connectivity index (χ1n) is 10.5. The van der Waals surface area contributed by atoms with E-state index in [0.29, 0.717) is 29.8 Å². The van der Waals surface area contributed by atoms with E-state index in [2.05, 4.69) is 25.3 Å². The molecule has 0 unspecified atom stereocenters. The summed E-state index contributed by atoms with van der Waals surface area (Å²) in [5.41, 5.74) is 2.06. The molecule has 5 rings (SSSR count). The number of thiophene rings is 1. The maximum absolute atomic E-state index is 12.6. The van der Waals surface area contributed by atoms with Crippen molar-refractivity contribution in [2.75, 3.05) is 11.1 Å². The number of H-pyrrole nitrogens is 1. The van der Waals surface area contributed by atoms with Crippen LogP contribution < -0.4 is 15.6 Å². The number of pyridine rings is 2. The van der Waals surface area contributed by atoms with Gasteiger partial charge in [0.15, 0.2) is 11.6 Å². The van der Waals surface area contributed by atoms with Crippen LogP contribution in [0.2, 0.25) is 0 Å². The number of aromatic amines is 1. The number of hydrogen-bond donors (Lipinski definition) is 2. The molecule has 2 N–H and O–H groups in total. The molecule has 0 atom stereocenters. The van der Waals surface area contributed by atoms with Crippen molar-refractivity contribution < 1.29 is 9.53 Å². The molecule has 0 aliphatic heterocycles. The Morgan fingerprint density at radius 1 is 1.21 bits per heavy atom. The van der Waals surface area contributed by atoms with Crippen molar-refractivity contribution in [2.24, 2.45) is 0 Å². The van der Waals surface area contributed by atoms with Crippen LogP contribution in [-0.2, 0) is 30.0 Å². The van der Waals surface area contributed by atoms with Gasteiger partial charge in [-0.25, -0.2) is 9.97 Å². The van der Waals surface area contributed by atoms with Crippen molar-refractivity contribution in [2.45, 2.75) is 31.6 Å². The van der Waals surface area contributed by atoms with Gasteiger partial charge < -0.3 is 15.0 Å². The lowest BCUT2D eigenvalue weighted by Gasteiger charge is -2.11. The molecular weight excluding hydrogens is 458 g/mol. The highest BCUT2D eigenvalue weighted by atomic mass is 32.2. The zero-order valence-corrected chi connectivity index (χ0v) is 19.3. The molecule has 1 aliphatic carbocycles. The summed E-state index contributed by atoms with van der Waals surface area (Å²) in [7, 11) is 0. The number of amides is 1. The second-order valence-electron chi connectivity index (χ2n) is 7.59. The summed E-state index contributed by atoms with van der Waals surface area (Å²) < 4.78 is 5.82. The van der Waals surface area contributed by atoms with Crippen LogP contribution in [0.15, 0.2) is 47.7 Å². The first-order valence-corrected chi connectivity index (χ1v) is 12.5. The van der Waals surface area contributed by atoms with Gasteiger partial charge >= 0.3 is 0 Å². The largest absolute Gasteiger partial charge is 0.485 e. The van der Waals surface area contributed by atoms with E-state index in [9.17, 15) is 9.59 Å². The van der Waals surface area contributed by atoms with E-state index < -0.39 is 0 Å². The quantitative estimate of drug-likeness (QED) is 0.396. The molecule has 168 valence electrons. The first kappa shape index (κ1) is 21.6. The number of carbonyl (C=O) groups is 1. The van der Waals surface area contributed by atoms with Crippen molar-refractivity contribution in [1.82, 2.24) is 19.9 Å². The fourth-order valence-corrected chi connectivity index (χ4v) is 5.74. The van der Waals surface area contributed by atoms with Gasteiger partial charge in [-0.1, -0.05) is 0 Å². The zero-order valence-electron chi connectivity index (χ0n) is 17.7. The molecule has 4 aromatic rings. The van der Waals surface area contributed by atoms with Crippen molar-refractivity contribution in [1.29, 1.82) is 0 Å². The molecule has 8 nitrogen and oxygen atoms in total. The van der Waals surface area contributed by atoms with Crippen LogP contribution >= 0.6 is 23.1 Å². The standard InChI is InChI=1S/C23H21N5O3S2/c29-19(28-21-16(4-2-8-25-21)31-11-14-6-9-24-10-7-14)13-32-12-18-26-22(30)20-15-3-1-5-17(15)33-23(20)27-18/h2,4,6-10H,1,3,5,11-13H2,(H,25,28,29)(H,26,27,30). The van der Waals surface area contributed by atoms with Crippen LogP contribution in [-0.4, -0.2) is 31.6 Å². The lowest BCUT2D eigenvalue weighted by Crippen LogP contribution is -2.17. The molecule has 0 radical (unpaired) electrons. The molecule has 0 bridgehead atoms. The predicted molar refractivity (Wildman–Crippen MR) is 130 cm³/mol. The topological polar surface area (TPSA) is 110 Å². The number of aryl methyl sites for hydroxylation is 2. The second kappa shape index (κ2) is 9.72. The summed E-state index contributed by atoms with van der Waals surface area (Å²) in [5, 5.41) is 3.55. The van der Waals surface area contributed by atoms with Crippen molar-refractivity contribution in [3.05, 3.63) is 75.0 Å². The molecule has 1 amide bonds. The molecule has 10 heteroatoms. The Labute approximate surface area is 197 Å². The number of thioether (sulfide) groups is 1. The third-order valence-electron chi connectivity index (χ3n) is 5.27. The lowest BCUT2D eigenvalue weighted by molar-refractivity contribution is -0.113. The van der Waals surface area contributed by atoms with Crippen LogP contribution in [0.25, 0.3) is 10.2 Å². The highest BCUT2D eigenvalue weighted by Gasteiger charge is 2.21. The van der Waals surface area contributed by atoms with Gasteiger partial charge in [-0.15, -0.1) is 23.1 Å². The van der Waals surface area contributed by atoms with Crippen molar-refractivity contribution in [3.63, 3.8) is 0 Å². The summed E-state index contributed by atoms with van der Waals surface area (Å²) in [6, 6.07) is 7.25. The maximum Gasteiger partial charge on any atom is 0.259 e. The van der Waals surface area contributed by atoms with E-state index in [1.54, 1.807) is 42.1 Å². The van der Waals surface area contributed by atoms with Gasteiger partial charge in [0.1, 0.15) is 17.3 Å². The maximum atomic E-state index is 12.6. The fourth-order valence-electron chi connectivity index (χ4n) is 3.76. The number of hydrogen-bond acceptors (Lipinski definition) is 8. The molecular formula is C23H21N5O3S2. The van der Waals surface area contributed by atoms with Gasteiger partial charge in [0.2, 0.25) is 5.91 Å². The van der Waals surface area contributed by atoms with E-state index in [-0.39, 0.29) is 17.2 Å². The normalized spacial score (nSPS) is 12.6. The number of nitrogens with one attached hydrogen (secondary N) is 2. The van der Waals surface area contributed by atoms with Gasteiger partial charge in [0, 0.05) is 23.5 Å². The zero-order chi connectivity index (χ0) is 22.6. The summed E-state index contributed by atoms with van der Waals surface area (Å²) in [4.78, 5) is 42.8. The molecule has 0 saturated heterocycles. The summed E-state index contributed by atoms with van der Waals surface area (Å²) in [6.07, 6.45) is 8.10. The molecule has 33 heavy (non-hydrogen) atoms. The SMILES string of the molecule is O=C(CSCc1nc2sc3c(c2c(=O)[nH]1)CCC3)Nc1ncccc1OCc1ccncc1. The highest BCUT2D eigenvalue weighted by molar-refractivity contribution is 7.99. The Morgan fingerprint density at radius 3 is 2.97 bits per heavy atom. The Hall–Kier alpha value is -3.24. The minimum atomic E-state index is -0.203. The number of fused-ring (bicyclic) bond motifs is 3. The number of carbonyl (C=O) groups excluding carboxylic acids is 1. The van der Waals surface area contributed by atoms with Crippen molar-refractivity contribution in [3.8, 4) is 5.75 Å². The number of anilines is 1. The monoisotopic (exact) mass is 479 g/mol. The minimum Gasteiger partial charge on any atom is -0.485 e. The van der Waals surface area contributed by atoms with E-state index in [1.165, 1.54) is 22.2 Å². The van der Waals surface area contributed by atoms with Gasteiger partial charge in [0.05, 0.1) is 16.9 Å².